The van der Waals surface area contributed by atoms with Crippen LogP contribution in [-0.4, -0.2) is 42.8 Å². The molecule has 9 nitrogen and oxygen atoms in total. The van der Waals surface area contributed by atoms with Crippen molar-refractivity contribution >= 4 is 33.4 Å². The number of rotatable bonds is 5. The van der Waals surface area contributed by atoms with Crippen LogP contribution in [0, 0.1) is 11.8 Å². The monoisotopic (exact) mass is 680 g/mol. The third-order valence-electron chi connectivity index (χ3n) is 8.58. The van der Waals surface area contributed by atoms with Crippen molar-refractivity contribution in [2.24, 2.45) is 11.8 Å². The Kier molecular flexibility index (Phi) is 11.7. The second-order valence-electron chi connectivity index (χ2n) is 12.7. The maximum Gasteiger partial charge on any atom is 0.307 e. The van der Waals surface area contributed by atoms with Gasteiger partial charge in [-0.1, -0.05) is 103 Å². The van der Waals surface area contributed by atoms with Gasteiger partial charge in [-0.15, -0.1) is 0 Å². The number of nitrogens with one attached hydrogen (secondary N) is 2. The van der Waals surface area contributed by atoms with Gasteiger partial charge in [-0.3, -0.25) is 19.2 Å². The zero-order valence-corrected chi connectivity index (χ0v) is 28.0. The summed E-state index contributed by atoms with van der Waals surface area (Å²) >= 11 is 0. The Bertz CT molecular complexity index is 1920. The molecular weight excluding hydrogens is 641 g/mol. The molecule has 1 aliphatic heterocycles. The van der Waals surface area contributed by atoms with E-state index >= 15 is 0 Å². The van der Waals surface area contributed by atoms with E-state index in [1.54, 1.807) is 54.6 Å². The first-order valence-electron chi connectivity index (χ1n) is 16.3. The van der Waals surface area contributed by atoms with Gasteiger partial charge in [-0.2, -0.15) is 0 Å². The number of hydrogen-bond donors (Lipinski definition) is 3. The largest absolute Gasteiger partial charge is 0.481 e. The normalized spacial score (nSPS) is 18.2. The van der Waals surface area contributed by atoms with E-state index in [1.165, 1.54) is 0 Å². The molecule has 0 fully saturated rings. The smallest absolute Gasteiger partial charge is 0.307 e. The number of carbonyl (C=O) groups is 4. The van der Waals surface area contributed by atoms with Crippen LogP contribution in [0.3, 0.4) is 0 Å². The number of carboxylic acid groups (broad SMARTS) is 1. The van der Waals surface area contributed by atoms with E-state index in [0.717, 1.165) is 22.3 Å². The number of carbonyl (C=O) groups excluding carboxylic acids is 3. The summed E-state index contributed by atoms with van der Waals surface area (Å²) < 4.78 is 26.8. The predicted molar refractivity (Wildman–Crippen MR) is 186 cm³/mol. The zero-order chi connectivity index (χ0) is 34.8. The fourth-order valence-corrected chi connectivity index (χ4v) is 7.90. The quantitative estimate of drug-likeness (QED) is 0.283. The van der Waals surface area contributed by atoms with E-state index in [1.807, 2.05) is 48.5 Å². The molecule has 10 heteroatoms. The van der Waals surface area contributed by atoms with Crippen molar-refractivity contribution in [3.63, 3.8) is 0 Å². The Hall–Kier alpha value is -5.09. The summed E-state index contributed by atoms with van der Waals surface area (Å²) in [5.41, 5.74) is 5.10. The highest BCUT2D eigenvalue weighted by molar-refractivity contribution is 7.90. The summed E-state index contributed by atoms with van der Waals surface area (Å²) in [6, 6.07) is 30.5. The summed E-state index contributed by atoms with van der Waals surface area (Å²) in [6.45, 7) is 0.449. The summed E-state index contributed by atoms with van der Waals surface area (Å²) in [7, 11) is -3.75. The van der Waals surface area contributed by atoms with Gasteiger partial charge < -0.3 is 15.7 Å². The van der Waals surface area contributed by atoms with Gasteiger partial charge in [-0.05, 0) is 51.8 Å². The lowest BCUT2D eigenvalue weighted by atomic mass is 9.87. The SMILES string of the molecule is O=C1Cc2cccc(c2)CC(=O)NCc2cccc(c2)C[C@@H](CS(=O)(=O)Cc2ccccc2)C(=O)C[C@H](C(=O)O)Cc2cccc(c2)CN1. The first-order valence-corrected chi connectivity index (χ1v) is 18.1. The molecular formula is C39H40N2O7S. The number of Topliss-reactive ketones (excluding diaryl/α,β-unsaturated/α-hetero) is 1. The minimum absolute atomic E-state index is 0.0638. The molecule has 3 N–H and O–H groups in total. The molecule has 254 valence electrons. The highest BCUT2D eigenvalue weighted by Crippen LogP contribution is 2.23. The van der Waals surface area contributed by atoms with Crippen LogP contribution in [0.4, 0.5) is 0 Å². The molecule has 0 saturated heterocycles. The average Bonchev–Trinajstić information content (AvgIpc) is 3.06. The molecule has 0 spiro atoms. The molecule has 0 aliphatic carbocycles. The summed E-state index contributed by atoms with van der Waals surface area (Å²) in [5.74, 6) is -4.71. The molecule has 0 aromatic heterocycles. The Morgan fingerprint density at radius 2 is 1.12 bits per heavy atom. The number of sulfone groups is 1. The number of ketones is 1. The minimum Gasteiger partial charge on any atom is -0.481 e. The molecule has 2 atom stereocenters. The highest BCUT2D eigenvalue weighted by atomic mass is 32.2. The van der Waals surface area contributed by atoms with Gasteiger partial charge in [0.15, 0.2) is 9.84 Å². The second kappa shape index (κ2) is 16.3. The fraction of sp³-hybridized carbons (Fsp3) is 0.282. The van der Waals surface area contributed by atoms with E-state index in [-0.39, 0.29) is 62.8 Å². The van der Waals surface area contributed by atoms with E-state index in [0.29, 0.717) is 16.7 Å². The lowest BCUT2D eigenvalue weighted by molar-refractivity contribution is -0.144. The van der Waals surface area contributed by atoms with Gasteiger partial charge in [0.2, 0.25) is 11.8 Å². The van der Waals surface area contributed by atoms with Gasteiger partial charge in [0, 0.05) is 25.4 Å². The van der Waals surface area contributed by atoms with Gasteiger partial charge in [0.05, 0.1) is 30.3 Å². The number of fused-ring (bicyclic) bond motifs is 6. The molecule has 2 amide bonds. The van der Waals surface area contributed by atoms with E-state index in [9.17, 15) is 32.7 Å². The third kappa shape index (κ3) is 11.0. The molecule has 1 aliphatic rings. The van der Waals surface area contributed by atoms with Crippen molar-refractivity contribution < 1.29 is 32.7 Å². The first-order chi connectivity index (χ1) is 23.5. The topological polar surface area (TPSA) is 147 Å². The van der Waals surface area contributed by atoms with Crippen LogP contribution in [0.1, 0.15) is 45.4 Å². The lowest BCUT2D eigenvalue weighted by Crippen LogP contribution is -2.30. The van der Waals surface area contributed by atoms with Crippen molar-refractivity contribution in [1.82, 2.24) is 10.6 Å². The Balaban J connectivity index is 1.44. The predicted octanol–water partition coefficient (Wildman–Crippen LogP) is 4.39. The van der Waals surface area contributed by atoms with Gasteiger partial charge >= 0.3 is 5.97 Å². The zero-order valence-electron chi connectivity index (χ0n) is 27.1. The highest BCUT2D eigenvalue weighted by Gasteiger charge is 2.30. The number of amides is 2. The molecule has 4 aromatic rings. The Morgan fingerprint density at radius 1 is 0.633 bits per heavy atom. The van der Waals surface area contributed by atoms with Crippen molar-refractivity contribution in [1.29, 1.82) is 0 Å². The van der Waals surface area contributed by atoms with Crippen molar-refractivity contribution in [3.05, 3.63) is 142 Å². The number of aliphatic carboxylic acids is 1. The second-order valence-corrected chi connectivity index (χ2v) is 14.8. The van der Waals surface area contributed by atoms with Crippen LogP contribution in [0.15, 0.2) is 103 Å². The van der Waals surface area contributed by atoms with Gasteiger partial charge in [0.1, 0.15) is 5.78 Å². The molecule has 5 rings (SSSR count). The maximum atomic E-state index is 13.9. The van der Waals surface area contributed by atoms with Crippen LogP contribution >= 0.6 is 0 Å². The van der Waals surface area contributed by atoms with E-state index in [2.05, 4.69) is 10.6 Å². The van der Waals surface area contributed by atoms with Crippen molar-refractivity contribution in [2.75, 3.05) is 5.75 Å². The van der Waals surface area contributed by atoms with E-state index in [4.69, 9.17) is 0 Å². The Labute approximate surface area is 286 Å². The summed E-state index contributed by atoms with van der Waals surface area (Å²) in [5, 5.41) is 16.0. The number of hydrogen-bond acceptors (Lipinski definition) is 6. The van der Waals surface area contributed by atoms with Crippen LogP contribution in [0.25, 0.3) is 0 Å². The molecule has 0 radical (unpaired) electrons. The van der Waals surface area contributed by atoms with Crippen LogP contribution in [0.2, 0.25) is 0 Å². The molecule has 0 saturated carbocycles. The van der Waals surface area contributed by atoms with Crippen molar-refractivity contribution in [3.8, 4) is 0 Å². The maximum absolute atomic E-state index is 13.9. The number of carboxylic acids is 1. The molecule has 4 aromatic carbocycles. The number of benzene rings is 4. The molecule has 0 unspecified atom stereocenters. The summed E-state index contributed by atoms with van der Waals surface area (Å²) in [4.78, 5) is 51.9. The fourth-order valence-electron chi connectivity index (χ4n) is 6.16. The minimum atomic E-state index is -3.75. The van der Waals surface area contributed by atoms with Crippen LogP contribution in [0.5, 0.6) is 0 Å². The van der Waals surface area contributed by atoms with Crippen LogP contribution < -0.4 is 10.6 Å². The van der Waals surface area contributed by atoms with Crippen molar-refractivity contribution in [2.45, 2.75) is 50.9 Å². The molecule has 6 bridgehead atoms. The van der Waals surface area contributed by atoms with E-state index < -0.39 is 39.2 Å². The van der Waals surface area contributed by atoms with Crippen LogP contribution in [-0.2, 0) is 73.5 Å². The Morgan fingerprint density at radius 3 is 1.67 bits per heavy atom. The third-order valence-corrected chi connectivity index (χ3v) is 10.3. The molecule has 1 heterocycles. The average molecular weight is 681 g/mol. The molecule has 49 heavy (non-hydrogen) atoms. The van der Waals surface area contributed by atoms with Gasteiger partial charge in [0.25, 0.3) is 0 Å². The standard InChI is InChI=1S/C39H40N2O7S/c42-36-22-34(39(45)46)18-28-9-5-13-32(16-28)23-40-37(43)20-30-11-4-12-31(15-30)21-38(44)41-24-33-14-6-10-29(17-33)19-35(36)26-49(47,48)25-27-7-2-1-3-8-27/h1-17,34-35H,18-26H2,(H,40,43)(H,41,44)(H,45,46)/t34-,35+/m1/s1. The summed E-state index contributed by atoms with van der Waals surface area (Å²) in [6.07, 6.45) is 0.0865. The first kappa shape index (κ1) is 35.2. The lowest BCUT2D eigenvalue weighted by Gasteiger charge is -2.20. The van der Waals surface area contributed by atoms with Gasteiger partial charge in [-0.25, -0.2) is 8.42 Å².